The number of fused-ring (bicyclic) bond motifs is 1. The number of nitrogens with zero attached hydrogens (tertiary/aromatic N) is 1. The lowest BCUT2D eigenvalue weighted by Gasteiger charge is -2.14. The lowest BCUT2D eigenvalue weighted by Crippen LogP contribution is -2.34. The van der Waals surface area contributed by atoms with Crippen molar-refractivity contribution in [1.82, 2.24) is 4.90 Å². The number of amides is 1. The third-order valence-electron chi connectivity index (χ3n) is 2.77. The van der Waals surface area contributed by atoms with Gasteiger partial charge in [-0.15, -0.1) is 0 Å². The Hall–Kier alpha value is -2.30. The van der Waals surface area contributed by atoms with Crippen molar-refractivity contribution in [2.45, 2.75) is 13.5 Å². The van der Waals surface area contributed by atoms with Crippen molar-refractivity contribution in [3.05, 3.63) is 36.1 Å². The average Bonchev–Trinajstić information content (AvgIpc) is 2.81. The van der Waals surface area contributed by atoms with Crippen LogP contribution in [0.15, 0.2) is 34.9 Å². The monoisotopic (exact) mass is 261 g/mol. The smallest absolute Gasteiger partial charge is 0.397 e. The van der Waals surface area contributed by atoms with Crippen LogP contribution < -0.4 is 0 Å². The van der Waals surface area contributed by atoms with Crippen LogP contribution in [0.1, 0.15) is 12.5 Å². The Morgan fingerprint density at radius 2 is 2.05 bits per heavy atom. The third-order valence-corrected chi connectivity index (χ3v) is 2.77. The van der Waals surface area contributed by atoms with Gasteiger partial charge in [0.05, 0.1) is 12.9 Å². The molecule has 0 atom stereocenters. The van der Waals surface area contributed by atoms with E-state index in [1.54, 1.807) is 20.2 Å². The molecule has 1 amide bonds. The minimum atomic E-state index is -0.835. The molecule has 1 aromatic carbocycles. The maximum absolute atomic E-state index is 11.7. The molecule has 0 fully saturated rings. The van der Waals surface area contributed by atoms with Crippen LogP contribution in [0.4, 0.5) is 0 Å². The highest BCUT2D eigenvalue weighted by molar-refractivity contribution is 6.32. The second-order valence-corrected chi connectivity index (χ2v) is 4.14. The zero-order valence-electron chi connectivity index (χ0n) is 10.9. The molecular weight excluding hydrogens is 246 g/mol. The van der Waals surface area contributed by atoms with E-state index in [1.807, 2.05) is 24.3 Å². The first kappa shape index (κ1) is 13.1. The molecule has 5 nitrogen and oxygen atoms in total. The molecule has 0 unspecified atom stereocenters. The fourth-order valence-corrected chi connectivity index (χ4v) is 1.83. The quantitative estimate of drug-likeness (QED) is 0.626. The van der Waals surface area contributed by atoms with Crippen LogP contribution in [-0.4, -0.2) is 30.4 Å². The van der Waals surface area contributed by atoms with Crippen LogP contribution >= 0.6 is 0 Å². The van der Waals surface area contributed by atoms with Crippen molar-refractivity contribution in [2.75, 3.05) is 13.7 Å². The molecule has 0 radical (unpaired) electrons. The molecule has 0 bridgehead atoms. The standard InChI is InChI=1S/C14H15NO4/c1-3-18-14(17)13(16)15(2)8-10-9-19-12-7-5-4-6-11(10)12/h4-7,9H,3,8H2,1-2H3. The van der Waals surface area contributed by atoms with E-state index < -0.39 is 11.9 Å². The first-order valence-electron chi connectivity index (χ1n) is 6.00. The van der Waals surface area contributed by atoms with Crippen molar-refractivity contribution >= 4 is 22.8 Å². The van der Waals surface area contributed by atoms with E-state index in [4.69, 9.17) is 4.42 Å². The van der Waals surface area contributed by atoms with E-state index in [2.05, 4.69) is 4.74 Å². The summed E-state index contributed by atoms with van der Waals surface area (Å²) in [5, 5.41) is 0.936. The highest BCUT2D eigenvalue weighted by Crippen LogP contribution is 2.21. The maximum atomic E-state index is 11.7. The molecule has 0 N–H and O–H groups in total. The minimum Gasteiger partial charge on any atom is -0.464 e. The third kappa shape index (κ3) is 2.76. The molecule has 19 heavy (non-hydrogen) atoms. The predicted molar refractivity (Wildman–Crippen MR) is 69.3 cm³/mol. The number of rotatable bonds is 3. The van der Waals surface area contributed by atoms with Gasteiger partial charge in [0.25, 0.3) is 0 Å². The van der Waals surface area contributed by atoms with E-state index in [0.717, 1.165) is 16.5 Å². The minimum absolute atomic E-state index is 0.188. The maximum Gasteiger partial charge on any atom is 0.397 e. The second-order valence-electron chi connectivity index (χ2n) is 4.14. The molecule has 0 saturated carbocycles. The van der Waals surface area contributed by atoms with Gasteiger partial charge >= 0.3 is 11.9 Å². The molecule has 100 valence electrons. The van der Waals surface area contributed by atoms with Crippen molar-refractivity contribution in [1.29, 1.82) is 0 Å². The highest BCUT2D eigenvalue weighted by atomic mass is 16.5. The van der Waals surface area contributed by atoms with Gasteiger partial charge in [0.2, 0.25) is 0 Å². The number of hydrogen-bond donors (Lipinski definition) is 0. The van der Waals surface area contributed by atoms with E-state index in [-0.39, 0.29) is 6.61 Å². The summed E-state index contributed by atoms with van der Waals surface area (Å²) in [4.78, 5) is 24.4. The summed E-state index contributed by atoms with van der Waals surface area (Å²) in [6.07, 6.45) is 1.60. The molecule has 0 spiro atoms. The molecule has 1 heterocycles. The van der Waals surface area contributed by atoms with E-state index in [1.165, 1.54) is 4.90 Å². The molecule has 5 heteroatoms. The van der Waals surface area contributed by atoms with Gasteiger partial charge in [-0.25, -0.2) is 4.79 Å². The second kappa shape index (κ2) is 5.56. The number of furan rings is 1. The number of esters is 1. The zero-order chi connectivity index (χ0) is 13.8. The predicted octanol–water partition coefficient (Wildman–Crippen LogP) is 1.95. The lowest BCUT2D eigenvalue weighted by atomic mass is 10.1. The Balaban J connectivity index is 2.12. The molecule has 0 aliphatic heterocycles. The van der Waals surface area contributed by atoms with Crippen LogP contribution in [0.2, 0.25) is 0 Å². The van der Waals surface area contributed by atoms with Crippen molar-refractivity contribution in [2.24, 2.45) is 0 Å². The van der Waals surface area contributed by atoms with Crippen LogP contribution in [0.3, 0.4) is 0 Å². The summed E-state index contributed by atoms with van der Waals surface area (Å²) >= 11 is 0. The number of carbonyl (C=O) groups excluding carboxylic acids is 2. The van der Waals surface area contributed by atoms with Gasteiger partial charge in [0, 0.05) is 24.5 Å². The van der Waals surface area contributed by atoms with E-state index >= 15 is 0 Å². The largest absolute Gasteiger partial charge is 0.464 e. The van der Waals surface area contributed by atoms with E-state index in [9.17, 15) is 9.59 Å². The molecule has 0 aliphatic rings. The first-order chi connectivity index (χ1) is 9.13. The normalized spacial score (nSPS) is 10.4. The number of likely N-dealkylation sites (N-methyl/N-ethyl adjacent to an activating group) is 1. The van der Waals surface area contributed by atoms with Gasteiger partial charge in [-0.1, -0.05) is 18.2 Å². The molecule has 2 rings (SSSR count). The Kier molecular flexibility index (Phi) is 3.85. The van der Waals surface area contributed by atoms with Gasteiger partial charge < -0.3 is 14.1 Å². The fraction of sp³-hybridized carbons (Fsp3) is 0.286. The van der Waals surface area contributed by atoms with Crippen molar-refractivity contribution in [3.8, 4) is 0 Å². The summed E-state index contributed by atoms with van der Waals surface area (Å²) in [5.74, 6) is -1.50. The number of ether oxygens (including phenoxy) is 1. The van der Waals surface area contributed by atoms with E-state index in [0.29, 0.717) is 6.54 Å². The number of para-hydroxylation sites is 1. The molecular formula is C14H15NO4. The Morgan fingerprint density at radius 1 is 1.32 bits per heavy atom. The fourth-order valence-electron chi connectivity index (χ4n) is 1.83. The number of hydrogen-bond acceptors (Lipinski definition) is 4. The molecule has 1 aromatic heterocycles. The highest BCUT2D eigenvalue weighted by Gasteiger charge is 2.21. The van der Waals surface area contributed by atoms with Crippen LogP contribution in [-0.2, 0) is 20.9 Å². The van der Waals surface area contributed by atoms with Gasteiger partial charge in [0.1, 0.15) is 5.58 Å². The Bertz CT molecular complexity index is 602. The van der Waals surface area contributed by atoms with Crippen molar-refractivity contribution in [3.63, 3.8) is 0 Å². The number of carbonyl (C=O) groups is 2. The Labute approximate surface area is 110 Å². The summed E-state index contributed by atoms with van der Waals surface area (Å²) < 4.78 is 10.1. The summed E-state index contributed by atoms with van der Waals surface area (Å²) in [6.45, 7) is 2.15. The molecule has 0 aliphatic carbocycles. The van der Waals surface area contributed by atoms with Gasteiger partial charge in [-0.2, -0.15) is 0 Å². The molecule has 0 saturated heterocycles. The van der Waals surface area contributed by atoms with Crippen LogP contribution in [0, 0.1) is 0 Å². The summed E-state index contributed by atoms with van der Waals surface area (Å²) in [5.41, 5.74) is 1.62. The zero-order valence-corrected chi connectivity index (χ0v) is 10.9. The van der Waals surface area contributed by atoms with Crippen LogP contribution in [0.5, 0.6) is 0 Å². The SMILES string of the molecule is CCOC(=O)C(=O)N(C)Cc1coc2ccccc12. The first-order valence-corrected chi connectivity index (χ1v) is 6.00. The van der Waals surface area contributed by atoms with Crippen molar-refractivity contribution < 1.29 is 18.7 Å². The van der Waals surface area contributed by atoms with Gasteiger partial charge in [0.15, 0.2) is 0 Å². The summed E-state index contributed by atoms with van der Waals surface area (Å²) in [6, 6.07) is 7.54. The number of benzene rings is 1. The van der Waals surface area contributed by atoms with Crippen LogP contribution in [0.25, 0.3) is 11.0 Å². The molecule has 2 aromatic rings. The Morgan fingerprint density at radius 3 is 2.79 bits per heavy atom. The average molecular weight is 261 g/mol. The topological polar surface area (TPSA) is 59.8 Å². The summed E-state index contributed by atoms with van der Waals surface area (Å²) in [7, 11) is 1.56. The van der Waals surface area contributed by atoms with Gasteiger partial charge in [-0.05, 0) is 13.0 Å². The lowest BCUT2D eigenvalue weighted by molar-refractivity contribution is -0.159. The van der Waals surface area contributed by atoms with Gasteiger partial charge in [-0.3, -0.25) is 4.79 Å².